The lowest BCUT2D eigenvalue weighted by molar-refractivity contribution is -0.148. The monoisotopic (exact) mass is 364 g/mol. The second-order valence-corrected chi connectivity index (χ2v) is 6.36. The molecule has 0 amide bonds. The van der Waals surface area contributed by atoms with Crippen molar-refractivity contribution in [3.8, 4) is 12.3 Å². The summed E-state index contributed by atoms with van der Waals surface area (Å²) in [5, 5.41) is 0. The third-order valence-electron chi connectivity index (χ3n) is 4.52. The van der Waals surface area contributed by atoms with Crippen LogP contribution < -0.4 is 0 Å². The van der Waals surface area contributed by atoms with Gasteiger partial charge in [0.05, 0.1) is 11.5 Å². The molecule has 1 aromatic rings. The maximum Gasteiger partial charge on any atom is 0.310 e. The van der Waals surface area contributed by atoms with Crippen molar-refractivity contribution < 1.29 is 35.9 Å². The minimum absolute atomic E-state index is 0.669. The van der Waals surface area contributed by atoms with Crippen molar-refractivity contribution in [1.82, 2.24) is 0 Å². The summed E-state index contributed by atoms with van der Waals surface area (Å²) in [6.45, 7) is 1.72. The van der Waals surface area contributed by atoms with E-state index in [1.165, 1.54) is 13.8 Å². The molecule has 0 bridgehead atoms. The molecule has 0 aliphatic heterocycles. The number of benzene rings is 1. The number of hydrogen-bond acceptors (Lipinski definition) is 2. The van der Waals surface area contributed by atoms with Crippen molar-refractivity contribution in [2.45, 2.75) is 33.3 Å². The Labute approximate surface area is 140 Å². The van der Waals surface area contributed by atoms with Crippen LogP contribution in [0.3, 0.4) is 0 Å². The minimum Gasteiger partial charge on any atom is -0.460 e. The SMILES string of the molecule is C#CCc1c(F)c(F)c(COC(=O)C2[C@@H](C(F)F)C2(C)C)c(F)c1F. The third-order valence-corrected chi connectivity index (χ3v) is 4.52. The first-order valence-electron chi connectivity index (χ1n) is 7.27. The number of halogens is 6. The van der Waals surface area contributed by atoms with Gasteiger partial charge in [-0.2, -0.15) is 0 Å². The molecule has 0 N–H and O–H groups in total. The van der Waals surface area contributed by atoms with Crippen LogP contribution >= 0.6 is 0 Å². The first-order valence-corrected chi connectivity index (χ1v) is 7.27. The van der Waals surface area contributed by atoms with Gasteiger partial charge in [0.15, 0.2) is 23.3 Å². The van der Waals surface area contributed by atoms with Crippen molar-refractivity contribution in [3.63, 3.8) is 0 Å². The van der Waals surface area contributed by atoms with Gasteiger partial charge in [0.25, 0.3) is 0 Å². The third kappa shape index (κ3) is 3.20. The van der Waals surface area contributed by atoms with Gasteiger partial charge < -0.3 is 4.74 Å². The molecule has 0 heterocycles. The van der Waals surface area contributed by atoms with Crippen LogP contribution in [0.5, 0.6) is 0 Å². The standard InChI is InChI=1S/C17H14F6O2/c1-4-5-7-11(18)13(20)8(14(21)12(7)19)6-25-16(24)10-9(15(22)23)17(10,2)3/h1,9-10,15H,5-6H2,2-3H3/t9-,10?/m0/s1. The number of rotatable bonds is 5. The summed E-state index contributed by atoms with van der Waals surface area (Å²) >= 11 is 0. The van der Waals surface area contributed by atoms with E-state index in [9.17, 15) is 31.1 Å². The number of esters is 1. The molecule has 0 spiro atoms. The van der Waals surface area contributed by atoms with Gasteiger partial charge in [0.1, 0.15) is 6.61 Å². The Morgan fingerprint density at radius 3 is 2.00 bits per heavy atom. The number of carbonyl (C=O) groups is 1. The predicted molar refractivity (Wildman–Crippen MR) is 75.4 cm³/mol. The molecular weight excluding hydrogens is 350 g/mol. The molecule has 2 rings (SSSR count). The Kier molecular flexibility index (Phi) is 5.07. The van der Waals surface area contributed by atoms with Crippen molar-refractivity contribution in [1.29, 1.82) is 0 Å². The zero-order valence-electron chi connectivity index (χ0n) is 13.3. The molecule has 8 heteroatoms. The van der Waals surface area contributed by atoms with Gasteiger partial charge in [0, 0.05) is 17.9 Å². The molecule has 136 valence electrons. The Morgan fingerprint density at radius 1 is 1.12 bits per heavy atom. The molecule has 1 aliphatic rings. The lowest BCUT2D eigenvalue weighted by Crippen LogP contribution is -2.15. The van der Waals surface area contributed by atoms with Crippen molar-refractivity contribution in [2.75, 3.05) is 0 Å². The first kappa shape index (κ1) is 19.2. The number of alkyl halides is 2. The largest absolute Gasteiger partial charge is 0.460 e. The van der Waals surface area contributed by atoms with Gasteiger partial charge in [0.2, 0.25) is 6.43 Å². The number of carbonyl (C=O) groups excluding carboxylic acids is 1. The highest BCUT2D eigenvalue weighted by molar-refractivity contribution is 5.77. The second kappa shape index (κ2) is 6.62. The van der Waals surface area contributed by atoms with Crippen LogP contribution in [0.15, 0.2) is 0 Å². The molecular formula is C17H14F6O2. The van der Waals surface area contributed by atoms with E-state index >= 15 is 0 Å². The van der Waals surface area contributed by atoms with Gasteiger partial charge in [-0.15, -0.1) is 12.3 Å². The molecule has 2 nitrogen and oxygen atoms in total. The van der Waals surface area contributed by atoms with Gasteiger partial charge in [-0.05, 0) is 5.41 Å². The summed E-state index contributed by atoms with van der Waals surface area (Å²) in [6, 6.07) is 0. The molecule has 1 aromatic carbocycles. The fourth-order valence-electron chi connectivity index (χ4n) is 2.94. The lowest BCUT2D eigenvalue weighted by atomic mass is 10.1. The Morgan fingerprint density at radius 2 is 1.60 bits per heavy atom. The van der Waals surface area contributed by atoms with Crippen molar-refractivity contribution >= 4 is 5.97 Å². The van der Waals surface area contributed by atoms with Crippen LogP contribution in [0.1, 0.15) is 25.0 Å². The van der Waals surface area contributed by atoms with Gasteiger partial charge in [-0.25, -0.2) is 26.3 Å². The quantitative estimate of drug-likeness (QED) is 0.342. The summed E-state index contributed by atoms with van der Waals surface area (Å²) in [4.78, 5) is 11.9. The topological polar surface area (TPSA) is 26.3 Å². The summed E-state index contributed by atoms with van der Waals surface area (Å²) < 4.78 is 85.5. The molecule has 0 aromatic heterocycles. The average molecular weight is 364 g/mol. The van der Waals surface area contributed by atoms with E-state index in [4.69, 9.17) is 6.42 Å². The van der Waals surface area contributed by atoms with Crippen LogP contribution in [0.25, 0.3) is 0 Å². The fourth-order valence-corrected chi connectivity index (χ4v) is 2.94. The highest BCUT2D eigenvalue weighted by Gasteiger charge is 2.66. The maximum absolute atomic E-state index is 13.9. The van der Waals surface area contributed by atoms with Crippen molar-refractivity contribution in [2.24, 2.45) is 17.3 Å². The molecule has 1 unspecified atom stereocenters. The van der Waals surface area contributed by atoms with E-state index in [1.807, 2.05) is 5.92 Å². The molecule has 1 fully saturated rings. The van der Waals surface area contributed by atoms with Gasteiger partial charge >= 0.3 is 5.97 Å². The summed E-state index contributed by atoms with van der Waals surface area (Å²) in [5.41, 5.74) is -3.12. The second-order valence-electron chi connectivity index (χ2n) is 6.36. The lowest BCUT2D eigenvalue weighted by Gasteiger charge is -2.11. The predicted octanol–water partition coefficient (Wildman–Crippen LogP) is 4.00. The Bertz CT molecular complexity index is 721. The zero-order valence-corrected chi connectivity index (χ0v) is 13.3. The van der Waals surface area contributed by atoms with E-state index in [0.29, 0.717) is 0 Å². The van der Waals surface area contributed by atoms with E-state index in [2.05, 4.69) is 4.74 Å². The maximum atomic E-state index is 13.9. The highest BCUT2D eigenvalue weighted by Crippen LogP contribution is 2.61. The van der Waals surface area contributed by atoms with Crippen molar-refractivity contribution in [3.05, 3.63) is 34.4 Å². The van der Waals surface area contributed by atoms with Crippen LogP contribution in [0, 0.1) is 52.9 Å². The molecule has 25 heavy (non-hydrogen) atoms. The van der Waals surface area contributed by atoms with Gasteiger partial charge in [-0.1, -0.05) is 13.8 Å². The van der Waals surface area contributed by atoms with Crippen LogP contribution in [-0.2, 0) is 22.6 Å². The fraction of sp³-hybridized carbons (Fsp3) is 0.471. The molecule has 1 saturated carbocycles. The van der Waals surface area contributed by atoms with E-state index < -0.39 is 77.1 Å². The first-order chi connectivity index (χ1) is 11.6. The summed E-state index contributed by atoms with van der Waals surface area (Å²) in [5.74, 6) is -8.49. The Hall–Kier alpha value is -2.17. The molecule has 1 aliphatic carbocycles. The van der Waals surface area contributed by atoms with Crippen LogP contribution in [0.2, 0.25) is 0 Å². The average Bonchev–Trinajstić information content (AvgIpc) is 3.12. The number of ether oxygens (including phenoxy) is 1. The van der Waals surface area contributed by atoms with E-state index in [-0.39, 0.29) is 0 Å². The molecule has 0 saturated heterocycles. The molecule has 2 atom stereocenters. The Balaban J connectivity index is 2.20. The minimum atomic E-state index is -2.76. The highest BCUT2D eigenvalue weighted by atomic mass is 19.3. The van der Waals surface area contributed by atoms with E-state index in [0.717, 1.165) is 0 Å². The van der Waals surface area contributed by atoms with Crippen LogP contribution in [0.4, 0.5) is 26.3 Å². The van der Waals surface area contributed by atoms with E-state index in [1.54, 1.807) is 0 Å². The zero-order chi connectivity index (χ0) is 19.1. The summed E-state index contributed by atoms with van der Waals surface area (Å²) in [6.07, 6.45) is 1.45. The smallest absolute Gasteiger partial charge is 0.310 e. The number of terminal acetylenes is 1. The van der Waals surface area contributed by atoms with Gasteiger partial charge in [-0.3, -0.25) is 4.79 Å². The summed E-state index contributed by atoms with van der Waals surface area (Å²) in [7, 11) is 0. The molecule has 0 radical (unpaired) electrons. The normalized spacial score (nSPS) is 21.1. The van der Waals surface area contributed by atoms with Crippen LogP contribution in [-0.4, -0.2) is 12.4 Å². The number of hydrogen-bond donors (Lipinski definition) is 0.